The van der Waals surface area contributed by atoms with Crippen molar-refractivity contribution in [1.29, 1.82) is 0 Å². The van der Waals surface area contributed by atoms with E-state index in [0.29, 0.717) is 28.9 Å². The van der Waals surface area contributed by atoms with E-state index in [-0.39, 0.29) is 5.75 Å². The number of phenols is 1. The normalized spacial score (nSPS) is 11.3. The maximum absolute atomic E-state index is 12.5. The monoisotopic (exact) mass is 338 g/mol. The first-order chi connectivity index (χ1) is 12.1. The molecule has 0 spiro atoms. The number of phenolic OH excluding ortho intramolecular Hbond substituents is 1. The molecule has 0 unspecified atom stereocenters. The average Bonchev–Trinajstić information content (AvgIpc) is 2.63. The maximum Gasteiger partial charge on any atom is 0.345 e. The van der Waals surface area contributed by atoms with Crippen LogP contribution in [0.25, 0.3) is 22.2 Å². The van der Waals surface area contributed by atoms with Crippen molar-refractivity contribution in [2.75, 3.05) is 13.6 Å². The summed E-state index contributed by atoms with van der Waals surface area (Å²) in [5.74, 6) is 0.143. The number of nitrogens with zero attached hydrogens (tertiary/aromatic N) is 2. The zero-order chi connectivity index (χ0) is 17.8. The van der Waals surface area contributed by atoms with E-state index in [2.05, 4.69) is 16.8 Å². The van der Waals surface area contributed by atoms with Gasteiger partial charge in [-0.2, -0.15) is 0 Å². The lowest BCUT2D eigenvalue weighted by molar-refractivity contribution is 0.314. The van der Waals surface area contributed by atoms with E-state index in [0.717, 1.165) is 24.8 Å². The van der Waals surface area contributed by atoms with E-state index in [1.54, 1.807) is 36.5 Å². The van der Waals surface area contributed by atoms with Crippen molar-refractivity contribution in [1.82, 2.24) is 9.88 Å². The SMILES string of the molecule is CCCCN(C)Cc1c(O)ccc2cc(-c3ccccn3)c(=O)oc12. The van der Waals surface area contributed by atoms with Gasteiger partial charge in [0.2, 0.25) is 0 Å². The molecule has 0 fully saturated rings. The Balaban J connectivity index is 2.06. The first kappa shape index (κ1) is 17.2. The molecule has 0 saturated heterocycles. The lowest BCUT2D eigenvalue weighted by atomic mass is 10.1. The third-order valence-corrected chi connectivity index (χ3v) is 4.24. The second kappa shape index (κ2) is 7.49. The van der Waals surface area contributed by atoms with Crippen molar-refractivity contribution >= 4 is 11.0 Å². The number of hydrogen-bond donors (Lipinski definition) is 1. The summed E-state index contributed by atoms with van der Waals surface area (Å²) in [6.07, 6.45) is 3.83. The number of rotatable bonds is 6. The number of pyridine rings is 1. The van der Waals surface area contributed by atoms with E-state index >= 15 is 0 Å². The Labute approximate surface area is 146 Å². The Hall–Kier alpha value is -2.66. The number of fused-ring (bicyclic) bond motifs is 1. The number of unbranched alkanes of at least 4 members (excludes halogenated alkanes) is 1. The summed E-state index contributed by atoms with van der Waals surface area (Å²) in [6.45, 7) is 3.58. The molecule has 0 aliphatic heterocycles. The third-order valence-electron chi connectivity index (χ3n) is 4.24. The van der Waals surface area contributed by atoms with Gasteiger partial charge in [-0.15, -0.1) is 0 Å². The summed E-state index contributed by atoms with van der Waals surface area (Å²) < 4.78 is 5.58. The molecule has 0 radical (unpaired) electrons. The highest BCUT2D eigenvalue weighted by Gasteiger charge is 2.15. The molecule has 1 aromatic carbocycles. The van der Waals surface area contributed by atoms with E-state index in [1.165, 1.54) is 0 Å². The fourth-order valence-corrected chi connectivity index (χ4v) is 2.86. The van der Waals surface area contributed by atoms with Gasteiger partial charge in [0.05, 0.1) is 16.8 Å². The van der Waals surface area contributed by atoms with Crippen molar-refractivity contribution in [3.8, 4) is 17.0 Å². The predicted octanol–water partition coefficient (Wildman–Crippen LogP) is 3.79. The molecule has 2 aromatic heterocycles. The van der Waals surface area contributed by atoms with Crippen LogP contribution in [0.15, 0.2) is 51.8 Å². The van der Waals surface area contributed by atoms with Gasteiger partial charge < -0.3 is 14.4 Å². The molecule has 3 rings (SSSR count). The second-order valence-corrected chi connectivity index (χ2v) is 6.24. The van der Waals surface area contributed by atoms with Gasteiger partial charge in [-0.05, 0) is 50.3 Å². The van der Waals surface area contributed by atoms with Crippen molar-refractivity contribution in [2.45, 2.75) is 26.3 Å². The van der Waals surface area contributed by atoms with E-state index in [4.69, 9.17) is 4.42 Å². The average molecular weight is 338 g/mol. The van der Waals surface area contributed by atoms with Crippen LogP contribution >= 0.6 is 0 Å². The Bertz CT molecular complexity index is 919. The number of hydrogen-bond acceptors (Lipinski definition) is 5. The van der Waals surface area contributed by atoms with Crippen LogP contribution in [-0.2, 0) is 6.54 Å². The second-order valence-electron chi connectivity index (χ2n) is 6.24. The van der Waals surface area contributed by atoms with Gasteiger partial charge in [0.15, 0.2) is 0 Å². The molecule has 5 heteroatoms. The number of aromatic nitrogens is 1. The molecule has 0 saturated carbocycles. The van der Waals surface area contributed by atoms with E-state index in [1.807, 2.05) is 13.1 Å². The lowest BCUT2D eigenvalue weighted by Crippen LogP contribution is -2.19. The lowest BCUT2D eigenvalue weighted by Gasteiger charge is -2.17. The van der Waals surface area contributed by atoms with Gasteiger partial charge in [0.25, 0.3) is 0 Å². The summed E-state index contributed by atoms with van der Waals surface area (Å²) in [5, 5.41) is 11.0. The minimum absolute atomic E-state index is 0.143. The molecule has 0 aliphatic rings. The zero-order valence-electron chi connectivity index (χ0n) is 14.5. The standard InChI is InChI=1S/C20H22N2O3/c1-3-4-11-22(2)13-16-18(23)9-8-14-12-15(20(24)25-19(14)16)17-7-5-6-10-21-17/h5-10,12,23H,3-4,11,13H2,1-2H3. The first-order valence-electron chi connectivity index (χ1n) is 8.48. The Morgan fingerprint density at radius 2 is 2.08 bits per heavy atom. The smallest absolute Gasteiger partial charge is 0.345 e. The predicted molar refractivity (Wildman–Crippen MR) is 98.6 cm³/mol. The van der Waals surface area contributed by atoms with Gasteiger partial charge in [-0.1, -0.05) is 19.4 Å². The third kappa shape index (κ3) is 3.72. The molecule has 1 N–H and O–H groups in total. The zero-order valence-corrected chi connectivity index (χ0v) is 14.5. The van der Waals surface area contributed by atoms with Crippen molar-refractivity contribution in [3.63, 3.8) is 0 Å². The fraction of sp³-hybridized carbons (Fsp3) is 0.300. The molecule has 3 aromatic rings. The molecule has 0 amide bonds. The largest absolute Gasteiger partial charge is 0.507 e. The molecule has 2 heterocycles. The summed E-state index contributed by atoms with van der Waals surface area (Å²) >= 11 is 0. The fourth-order valence-electron chi connectivity index (χ4n) is 2.86. The number of benzene rings is 1. The number of aromatic hydroxyl groups is 1. The summed E-state index contributed by atoms with van der Waals surface area (Å²) in [7, 11) is 1.99. The van der Waals surface area contributed by atoms with Crippen molar-refractivity contribution in [3.05, 3.63) is 58.6 Å². The Kier molecular flexibility index (Phi) is 5.14. The van der Waals surface area contributed by atoms with Gasteiger partial charge in [-0.3, -0.25) is 4.98 Å². The first-order valence-corrected chi connectivity index (χ1v) is 8.48. The summed E-state index contributed by atoms with van der Waals surface area (Å²) in [6, 6.07) is 10.6. The quantitative estimate of drug-likeness (QED) is 0.693. The van der Waals surface area contributed by atoms with Gasteiger partial charge in [-0.25, -0.2) is 4.79 Å². The molecule has 0 bridgehead atoms. The summed E-state index contributed by atoms with van der Waals surface area (Å²) in [4.78, 5) is 18.8. The van der Waals surface area contributed by atoms with Crippen LogP contribution in [0.3, 0.4) is 0 Å². The highest BCUT2D eigenvalue weighted by molar-refractivity contribution is 5.85. The minimum atomic E-state index is -0.450. The molecule has 0 aliphatic carbocycles. The maximum atomic E-state index is 12.5. The van der Waals surface area contributed by atoms with Crippen LogP contribution in [0.5, 0.6) is 5.75 Å². The topological polar surface area (TPSA) is 66.6 Å². The van der Waals surface area contributed by atoms with E-state index in [9.17, 15) is 9.90 Å². The molecule has 5 nitrogen and oxygen atoms in total. The van der Waals surface area contributed by atoms with Crippen LogP contribution in [-0.4, -0.2) is 28.6 Å². The molecule has 25 heavy (non-hydrogen) atoms. The van der Waals surface area contributed by atoms with E-state index < -0.39 is 5.63 Å². The minimum Gasteiger partial charge on any atom is -0.507 e. The van der Waals surface area contributed by atoms with Gasteiger partial charge in [0, 0.05) is 18.1 Å². The van der Waals surface area contributed by atoms with Gasteiger partial charge in [0.1, 0.15) is 11.3 Å². The molecular formula is C20H22N2O3. The molecule has 130 valence electrons. The van der Waals surface area contributed by atoms with Crippen LogP contribution < -0.4 is 5.63 Å². The van der Waals surface area contributed by atoms with Crippen LogP contribution in [0.4, 0.5) is 0 Å². The van der Waals surface area contributed by atoms with Crippen molar-refractivity contribution < 1.29 is 9.52 Å². The Morgan fingerprint density at radius 3 is 2.80 bits per heavy atom. The highest BCUT2D eigenvalue weighted by atomic mass is 16.4. The molecule has 0 atom stereocenters. The highest BCUT2D eigenvalue weighted by Crippen LogP contribution is 2.29. The van der Waals surface area contributed by atoms with Crippen LogP contribution in [0, 0.1) is 0 Å². The Morgan fingerprint density at radius 1 is 1.24 bits per heavy atom. The van der Waals surface area contributed by atoms with Crippen molar-refractivity contribution in [2.24, 2.45) is 0 Å². The molecular weight excluding hydrogens is 316 g/mol. The van der Waals surface area contributed by atoms with Crippen LogP contribution in [0.2, 0.25) is 0 Å². The van der Waals surface area contributed by atoms with Gasteiger partial charge >= 0.3 is 5.63 Å². The summed E-state index contributed by atoms with van der Waals surface area (Å²) in [5.41, 5.74) is 1.62. The van der Waals surface area contributed by atoms with Crippen LogP contribution in [0.1, 0.15) is 25.3 Å².